The van der Waals surface area contributed by atoms with Crippen molar-refractivity contribution >= 4 is 39.1 Å². The van der Waals surface area contributed by atoms with Gasteiger partial charge in [-0.15, -0.1) is 10.2 Å². The van der Waals surface area contributed by atoms with Crippen molar-refractivity contribution in [2.24, 2.45) is 0 Å². The van der Waals surface area contributed by atoms with E-state index in [1.807, 2.05) is 35.0 Å². The SMILES string of the molecule is CCc1c(-c2nnc(C3CC3)o2)nn(-c2ccc(Cl)cc2Cl)c1-c1ccc(Br)cc1. The van der Waals surface area contributed by atoms with E-state index < -0.39 is 0 Å². The highest BCUT2D eigenvalue weighted by Gasteiger charge is 2.31. The average molecular weight is 504 g/mol. The Morgan fingerprint density at radius 2 is 1.87 bits per heavy atom. The molecule has 0 aliphatic heterocycles. The molecule has 0 saturated heterocycles. The summed E-state index contributed by atoms with van der Waals surface area (Å²) in [7, 11) is 0. The molecule has 2 heterocycles. The number of aromatic nitrogens is 4. The first-order chi connectivity index (χ1) is 14.5. The molecule has 2 aromatic carbocycles. The molecule has 1 aliphatic carbocycles. The molecule has 0 N–H and O–H groups in total. The minimum atomic E-state index is 0.384. The van der Waals surface area contributed by atoms with Crippen molar-refractivity contribution < 1.29 is 4.42 Å². The van der Waals surface area contributed by atoms with E-state index in [1.165, 1.54) is 0 Å². The van der Waals surface area contributed by atoms with E-state index in [4.69, 9.17) is 32.7 Å². The van der Waals surface area contributed by atoms with Crippen molar-refractivity contribution in [3.8, 4) is 28.5 Å². The number of halogens is 3. The molecule has 0 amide bonds. The van der Waals surface area contributed by atoms with Crippen molar-refractivity contribution in [3.63, 3.8) is 0 Å². The standard InChI is InChI=1S/C22H17BrCl2N4O/c1-2-16-19(22-27-26-21(30-22)13-3-4-13)28-29(18-10-9-15(24)11-17(18)25)20(16)12-5-7-14(23)8-6-12/h5-11,13H,2-4H2,1H3. The van der Waals surface area contributed by atoms with Crippen LogP contribution in [-0.2, 0) is 6.42 Å². The Bertz CT molecular complexity index is 1230. The van der Waals surface area contributed by atoms with Crippen LogP contribution in [0.2, 0.25) is 10.0 Å². The van der Waals surface area contributed by atoms with Crippen LogP contribution in [0.25, 0.3) is 28.5 Å². The number of hydrogen-bond acceptors (Lipinski definition) is 4. The zero-order valence-corrected chi connectivity index (χ0v) is 19.2. The summed E-state index contributed by atoms with van der Waals surface area (Å²) in [6, 6.07) is 13.5. The van der Waals surface area contributed by atoms with Crippen LogP contribution in [0.3, 0.4) is 0 Å². The number of benzene rings is 2. The fraction of sp³-hybridized carbons (Fsp3) is 0.227. The highest BCUT2D eigenvalue weighted by molar-refractivity contribution is 9.10. The van der Waals surface area contributed by atoms with E-state index in [0.717, 1.165) is 46.2 Å². The van der Waals surface area contributed by atoms with E-state index in [0.29, 0.717) is 33.4 Å². The van der Waals surface area contributed by atoms with Gasteiger partial charge in [0, 0.05) is 26.5 Å². The van der Waals surface area contributed by atoms with Crippen molar-refractivity contribution in [1.82, 2.24) is 20.0 Å². The second-order valence-electron chi connectivity index (χ2n) is 7.26. The van der Waals surface area contributed by atoms with E-state index in [-0.39, 0.29) is 0 Å². The highest BCUT2D eigenvalue weighted by Crippen LogP contribution is 2.41. The summed E-state index contributed by atoms with van der Waals surface area (Å²) in [6.07, 6.45) is 2.94. The Hall–Kier alpha value is -2.15. The molecule has 0 radical (unpaired) electrons. The van der Waals surface area contributed by atoms with Crippen molar-refractivity contribution in [1.29, 1.82) is 0 Å². The fourth-order valence-electron chi connectivity index (χ4n) is 3.51. The number of rotatable bonds is 5. The molecule has 0 spiro atoms. The van der Waals surface area contributed by atoms with Crippen LogP contribution in [0.5, 0.6) is 0 Å². The molecule has 4 aromatic rings. The normalized spacial score (nSPS) is 13.7. The molecule has 1 aliphatic rings. The van der Waals surface area contributed by atoms with E-state index in [1.54, 1.807) is 12.1 Å². The lowest BCUT2D eigenvalue weighted by Gasteiger charge is -2.11. The van der Waals surface area contributed by atoms with Gasteiger partial charge in [-0.1, -0.05) is 58.2 Å². The lowest BCUT2D eigenvalue weighted by Crippen LogP contribution is -2.01. The third kappa shape index (κ3) is 3.57. The Balaban J connectivity index is 1.75. The topological polar surface area (TPSA) is 56.7 Å². The van der Waals surface area contributed by atoms with Gasteiger partial charge in [-0.05, 0) is 49.6 Å². The maximum absolute atomic E-state index is 6.55. The lowest BCUT2D eigenvalue weighted by molar-refractivity contribution is 0.506. The molecule has 152 valence electrons. The fourth-order valence-corrected chi connectivity index (χ4v) is 4.27. The van der Waals surface area contributed by atoms with Crippen LogP contribution in [0, 0.1) is 0 Å². The summed E-state index contributed by atoms with van der Waals surface area (Å²) in [5, 5.41) is 14.5. The molecule has 30 heavy (non-hydrogen) atoms. The molecule has 8 heteroatoms. The maximum atomic E-state index is 6.55. The van der Waals surface area contributed by atoms with Gasteiger partial charge in [-0.25, -0.2) is 4.68 Å². The Morgan fingerprint density at radius 1 is 1.10 bits per heavy atom. The summed E-state index contributed by atoms with van der Waals surface area (Å²) >= 11 is 16.2. The van der Waals surface area contributed by atoms with Gasteiger partial charge in [0.05, 0.1) is 16.4 Å². The summed E-state index contributed by atoms with van der Waals surface area (Å²) in [6.45, 7) is 2.09. The molecule has 5 rings (SSSR count). The third-order valence-corrected chi connectivity index (χ3v) is 6.23. The Morgan fingerprint density at radius 3 is 2.53 bits per heavy atom. The number of hydrogen-bond donors (Lipinski definition) is 0. The molecular formula is C22H17BrCl2N4O. The lowest BCUT2D eigenvalue weighted by atomic mass is 10.0. The second kappa shape index (κ2) is 7.84. The van der Waals surface area contributed by atoms with Gasteiger partial charge in [-0.3, -0.25) is 0 Å². The van der Waals surface area contributed by atoms with Crippen LogP contribution in [0.1, 0.15) is 37.1 Å². The monoisotopic (exact) mass is 502 g/mol. The van der Waals surface area contributed by atoms with E-state index in [2.05, 4.69) is 33.1 Å². The zero-order valence-electron chi connectivity index (χ0n) is 16.1. The molecule has 1 fully saturated rings. The van der Waals surface area contributed by atoms with E-state index >= 15 is 0 Å². The number of nitrogens with zero attached hydrogens (tertiary/aromatic N) is 4. The molecular weight excluding hydrogens is 487 g/mol. The smallest absolute Gasteiger partial charge is 0.268 e. The predicted octanol–water partition coefficient (Wildman–Crippen LogP) is 7.10. The summed E-state index contributed by atoms with van der Waals surface area (Å²) in [4.78, 5) is 0. The van der Waals surface area contributed by atoms with Crippen LogP contribution >= 0.6 is 39.1 Å². The first-order valence-electron chi connectivity index (χ1n) is 9.72. The quantitative estimate of drug-likeness (QED) is 0.291. The summed E-state index contributed by atoms with van der Waals surface area (Å²) in [5.41, 5.74) is 4.40. The van der Waals surface area contributed by atoms with E-state index in [9.17, 15) is 0 Å². The maximum Gasteiger partial charge on any atom is 0.268 e. The molecule has 0 unspecified atom stereocenters. The molecule has 0 atom stereocenters. The molecule has 2 aromatic heterocycles. The van der Waals surface area contributed by atoms with Crippen molar-refractivity contribution in [2.75, 3.05) is 0 Å². The average Bonchev–Trinajstić information content (AvgIpc) is 3.34. The first kappa shape index (κ1) is 19.8. The van der Waals surface area contributed by atoms with Crippen LogP contribution < -0.4 is 0 Å². The summed E-state index contributed by atoms with van der Waals surface area (Å²) < 4.78 is 8.83. The highest BCUT2D eigenvalue weighted by atomic mass is 79.9. The summed E-state index contributed by atoms with van der Waals surface area (Å²) in [5.74, 6) is 1.52. The van der Waals surface area contributed by atoms with Crippen LogP contribution in [0.4, 0.5) is 0 Å². The van der Waals surface area contributed by atoms with Crippen LogP contribution in [-0.4, -0.2) is 20.0 Å². The first-order valence-corrected chi connectivity index (χ1v) is 11.3. The molecule has 0 bridgehead atoms. The van der Waals surface area contributed by atoms with Gasteiger partial charge in [0.1, 0.15) is 0 Å². The van der Waals surface area contributed by atoms with Crippen molar-refractivity contribution in [3.05, 3.63) is 68.4 Å². The minimum Gasteiger partial charge on any atom is -0.419 e. The predicted molar refractivity (Wildman–Crippen MR) is 121 cm³/mol. The van der Waals surface area contributed by atoms with Crippen molar-refractivity contribution in [2.45, 2.75) is 32.1 Å². The Kier molecular flexibility index (Phi) is 5.17. The van der Waals surface area contributed by atoms with Gasteiger partial charge in [-0.2, -0.15) is 5.10 Å². The third-order valence-electron chi connectivity index (χ3n) is 5.16. The minimum absolute atomic E-state index is 0.384. The molecule has 1 saturated carbocycles. The van der Waals surface area contributed by atoms with Gasteiger partial charge < -0.3 is 4.42 Å². The van der Waals surface area contributed by atoms with Gasteiger partial charge >= 0.3 is 0 Å². The van der Waals surface area contributed by atoms with Gasteiger partial charge in [0.15, 0.2) is 5.69 Å². The van der Waals surface area contributed by atoms with Gasteiger partial charge in [0.25, 0.3) is 5.89 Å². The Labute approximate surface area is 192 Å². The largest absolute Gasteiger partial charge is 0.419 e. The molecule has 5 nitrogen and oxygen atoms in total. The second-order valence-corrected chi connectivity index (χ2v) is 9.02. The van der Waals surface area contributed by atoms with Crippen LogP contribution in [0.15, 0.2) is 51.4 Å². The zero-order chi connectivity index (χ0) is 20.8. The van der Waals surface area contributed by atoms with Gasteiger partial charge in [0.2, 0.25) is 5.89 Å².